The second-order valence-corrected chi connectivity index (χ2v) is 11.3. The van der Waals surface area contributed by atoms with Gasteiger partial charge in [0.15, 0.2) is 5.79 Å². The molecule has 0 aliphatic carbocycles. The molecule has 11 heteroatoms. The Morgan fingerprint density at radius 2 is 1.31 bits per heavy atom. The molecule has 0 radical (unpaired) electrons. The first kappa shape index (κ1) is 30.6. The summed E-state index contributed by atoms with van der Waals surface area (Å²) < 4.78 is 36.7. The molecule has 2 fully saturated rings. The number of hydrogen-bond donors (Lipinski definition) is 0. The molecule has 2 saturated heterocycles. The first-order valence-electron chi connectivity index (χ1n) is 14.7. The number of nitro groups is 1. The number of nitrogens with zero attached hydrogens (tertiary/aromatic N) is 3. The van der Waals surface area contributed by atoms with E-state index in [2.05, 4.69) is 46.4 Å². The SMILES string of the molecule is COc1nc(C[C@H]2O[C@H](COC(c3ccccc3)(c3ccccc3)c3ccccc3)[C@H]3OC(C)(C)O[C@H]32)c([N+](=O)[O-])c(OC)n1. The lowest BCUT2D eigenvalue weighted by Gasteiger charge is -2.37. The lowest BCUT2D eigenvalue weighted by Crippen LogP contribution is -2.39. The highest BCUT2D eigenvalue weighted by Gasteiger charge is 2.56. The highest BCUT2D eigenvalue weighted by Crippen LogP contribution is 2.44. The average molecular weight is 614 g/mol. The molecule has 0 amide bonds. The fourth-order valence-electron chi connectivity index (χ4n) is 6.25. The van der Waals surface area contributed by atoms with Crippen molar-refractivity contribution in [3.05, 3.63) is 123 Å². The normalized spacial score (nSPS) is 22.1. The Bertz CT molecular complexity index is 1520. The number of benzene rings is 3. The summed E-state index contributed by atoms with van der Waals surface area (Å²) >= 11 is 0. The van der Waals surface area contributed by atoms with Crippen LogP contribution in [0.4, 0.5) is 5.69 Å². The molecule has 6 rings (SSSR count). The number of ether oxygens (including phenoxy) is 6. The van der Waals surface area contributed by atoms with Crippen LogP contribution in [0.15, 0.2) is 91.0 Å². The van der Waals surface area contributed by atoms with Crippen molar-refractivity contribution in [2.75, 3.05) is 20.8 Å². The largest absolute Gasteiger partial charge is 0.476 e. The first-order chi connectivity index (χ1) is 21.8. The van der Waals surface area contributed by atoms with Gasteiger partial charge >= 0.3 is 17.6 Å². The maximum atomic E-state index is 12.1. The van der Waals surface area contributed by atoms with Crippen molar-refractivity contribution in [2.45, 2.75) is 56.1 Å². The van der Waals surface area contributed by atoms with E-state index < -0.39 is 40.7 Å². The van der Waals surface area contributed by atoms with Crippen molar-refractivity contribution in [2.24, 2.45) is 0 Å². The van der Waals surface area contributed by atoms with E-state index in [-0.39, 0.29) is 36.3 Å². The number of aromatic nitrogens is 2. The first-order valence-corrected chi connectivity index (χ1v) is 14.7. The maximum absolute atomic E-state index is 12.1. The maximum Gasteiger partial charge on any atom is 0.352 e. The smallest absolute Gasteiger partial charge is 0.352 e. The van der Waals surface area contributed by atoms with E-state index in [1.54, 1.807) is 0 Å². The van der Waals surface area contributed by atoms with Crippen molar-refractivity contribution in [3.63, 3.8) is 0 Å². The Morgan fingerprint density at radius 1 is 0.800 bits per heavy atom. The fourth-order valence-corrected chi connectivity index (χ4v) is 6.25. The van der Waals surface area contributed by atoms with E-state index in [9.17, 15) is 10.1 Å². The molecule has 45 heavy (non-hydrogen) atoms. The Kier molecular flexibility index (Phi) is 8.52. The summed E-state index contributed by atoms with van der Waals surface area (Å²) in [5, 5.41) is 12.1. The van der Waals surface area contributed by atoms with Gasteiger partial charge in [0.2, 0.25) is 0 Å². The van der Waals surface area contributed by atoms with Crippen molar-refractivity contribution in [1.29, 1.82) is 0 Å². The van der Waals surface area contributed by atoms with Gasteiger partial charge in [0.1, 0.15) is 29.6 Å². The zero-order valence-corrected chi connectivity index (χ0v) is 25.5. The molecule has 11 nitrogen and oxygen atoms in total. The predicted octanol–water partition coefficient (Wildman–Crippen LogP) is 5.24. The summed E-state index contributed by atoms with van der Waals surface area (Å²) in [4.78, 5) is 19.8. The highest BCUT2D eigenvalue weighted by atomic mass is 16.8. The third-order valence-electron chi connectivity index (χ3n) is 8.11. The molecule has 0 unspecified atom stereocenters. The van der Waals surface area contributed by atoms with E-state index in [0.717, 1.165) is 16.7 Å². The molecule has 2 aliphatic heterocycles. The minimum absolute atomic E-state index is 0.0316. The summed E-state index contributed by atoms with van der Waals surface area (Å²) in [7, 11) is 2.69. The number of rotatable bonds is 11. The van der Waals surface area contributed by atoms with Crippen molar-refractivity contribution in [1.82, 2.24) is 9.97 Å². The lowest BCUT2D eigenvalue weighted by molar-refractivity contribution is -0.387. The van der Waals surface area contributed by atoms with Crippen LogP contribution in [0, 0.1) is 10.1 Å². The van der Waals surface area contributed by atoms with E-state index in [0.29, 0.717) is 0 Å². The van der Waals surface area contributed by atoms with Gasteiger partial charge in [-0.15, -0.1) is 0 Å². The zero-order valence-electron chi connectivity index (χ0n) is 25.5. The molecule has 4 aromatic rings. The molecule has 234 valence electrons. The van der Waals surface area contributed by atoms with Gasteiger partial charge in [0.25, 0.3) is 0 Å². The molecule has 0 N–H and O–H groups in total. The van der Waals surface area contributed by atoms with Crippen LogP contribution in [0.25, 0.3) is 0 Å². The fraction of sp³-hybridized carbons (Fsp3) is 0.353. The van der Waals surface area contributed by atoms with Gasteiger partial charge in [-0.05, 0) is 30.5 Å². The summed E-state index contributed by atoms with van der Waals surface area (Å²) in [6.07, 6.45) is -2.23. The molecule has 0 saturated carbocycles. The average Bonchev–Trinajstić information content (AvgIpc) is 3.54. The number of hydrogen-bond acceptors (Lipinski definition) is 10. The van der Waals surface area contributed by atoms with Crippen LogP contribution in [0.2, 0.25) is 0 Å². The van der Waals surface area contributed by atoms with Gasteiger partial charge in [0.05, 0.1) is 31.9 Å². The molecule has 3 heterocycles. The summed E-state index contributed by atoms with van der Waals surface area (Å²) in [6, 6.07) is 30.1. The summed E-state index contributed by atoms with van der Waals surface area (Å²) in [6.45, 7) is 3.80. The van der Waals surface area contributed by atoms with Crippen molar-refractivity contribution < 1.29 is 33.3 Å². The Hall–Kier alpha value is -4.42. The molecule has 2 aliphatic rings. The van der Waals surface area contributed by atoms with Crippen LogP contribution in [0.5, 0.6) is 11.9 Å². The second-order valence-electron chi connectivity index (χ2n) is 11.3. The van der Waals surface area contributed by atoms with Crippen LogP contribution >= 0.6 is 0 Å². The second kappa shape index (κ2) is 12.5. The van der Waals surface area contributed by atoms with Gasteiger partial charge in [0, 0.05) is 6.42 Å². The standard InChI is InChI=1S/C34H35N3O8/c1-33(2)44-29-26(20-25-28(37(38)39)31(40-3)36-32(35-25)41-4)43-27(30(29)45-33)21-42-34(22-14-8-5-9-15-22,23-16-10-6-11-17-23)24-18-12-7-13-19-24/h5-19,26-27,29-30H,20-21H2,1-4H3/t26-,27-,29+,30-/m1/s1. The van der Waals surface area contributed by atoms with Gasteiger partial charge < -0.3 is 28.4 Å². The Labute approximate surface area is 261 Å². The van der Waals surface area contributed by atoms with E-state index in [4.69, 9.17) is 28.4 Å². The van der Waals surface area contributed by atoms with Crippen LogP contribution in [0.1, 0.15) is 36.2 Å². The predicted molar refractivity (Wildman–Crippen MR) is 163 cm³/mol. The summed E-state index contributed by atoms with van der Waals surface area (Å²) in [5.74, 6) is -1.10. The monoisotopic (exact) mass is 613 g/mol. The minimum Gasteiger partial charge on any atom is -0.476 e. The molecule has 0 spiro atoms. The third kappa shape index (κ3) is 5.87. The molecular weight excluding hydrogens is 578 g/mol. The molecule has 3 aromatic carbocycles. The quantitative estimate of drug-likeness (QED) is 0.126. The Morgan fingerprint density at radius 3 is 1.78 bits per heavy atom. The molecule has 1 aromatic heterocycles. The van der Waals surface area contributed by atoms with Gasteiger partial charge in [-0.3, -0.25) is 10.1 Å². The van der Waals surface area contributed by atoms with Crippen LogP contribution in [0.3, 0.4) is 0 Å². The van der Waals surface area contributed by atoms with Crippen molar-refractivity contribution in [3.8, 4) is 11.9 Å². The van der Waals surface area contributed by atoms with Gasteiger partial charge in [-0.25, -0.2) is 0 Å². The van der Waals surface area contributed by atoms with E-state index in [1.165, 1.54) is 14.2 Å². The number of methoxy groups -OCH3 is 2. The van der Waals surface area contributed by atoms with Gasteiger partial charge in [-0.2, -0.15) is 9.97 Å². The number of fused-ring (bicyclic) bond motifs is 1. The highest BCUT2D eigenvalue weighted by molar-refractivity contribution is 5.48. The topological polar surface area (TPSA) is 124 Å². The Balaban J connectivity index is 1.37. The van der Waals surface area contributed by atoms with E-state index >= 15 is 0 Å². The summed E-state index contributed by atoms with van der Waals surface area (Å²) in [5.41, 5.74) is 1.64. The third-order valence-corrected chi connectivity index (χ3v) is 8.11. The van der Waals surface area contributed by atoms with Crippen LogP contribution in [-0.4, -0.2) is 65.9 Å². The zero-order chi connectivity index (χ0) is 31.6. The van der Waals surface area contributed by atoms with Gasteiger partial charge in [-0.1, -0.05) is 91.0 Å². The molecular formula is C34H35N3O8. The molecule has 0 bridgehead atoms. The molecule has 4 atom stereocenters. The van der Waals surface area contributed by atoms with Crippen LogP contribution in [-0.2, 0) is 31.0 Å². The van der Waals surface area contributed by atoms with Crippen LogP contribution < -0.4 is 9.47 Å². The minimum atomic E-state index is -0.970. The van der Waals surface area contributed by atoms with E-state index in [1.807, 2.05) is 68.4 Å². The van der Waals surface area contributed by atoms with Crippen molar-refractivity contribution >= 4 is 5.69 Å². The lowest BCUT2D eigenvalue weighted by atomic mass is 9.80.